The van der Waals surface area contributed by atoms with E-state index in [9.17, 15) is 4.79 Å². The quantitative estimate of drug-likeness (QED) is 0.769. The van der Waals surface area contributed by atoms with Crippen LogP contribution in [0.1, 0.15) is 43.8 Å². The fourth-order valence-corrected chi connectivity index (χ4v) is 4.69. The lowest BCUT2D eigenvalue weighted by Crippen LogP contribution is -2.11. The molecule has 0 unspecified atom stereocenters. The van der Waals surface area contributed by atoms with E-state index in [4.69, 9.17) is 0 Å². The summed E-state index contributed by atoms with van der Waals surface area (Å²) in [4.78, 5) is 17.3. The summed E-state index contributed by atoms with van der Waals surface area (Å²) < 4.78 is 0. The van der Waals surface area contributed by atoms with Crippen molar-refractivity contribution in [1.82, 2.24) is 15.2 Å². The van der Waals surface area contributed by atoms with Crippen LogP contribution in [0.5, 0.6) is 0 Å². The number of aryl methyl sites for hydroxylation is 2. The fourth-order valence-electron chi connectivity index (χ4n) is 2.87. The third-order valence-corrected chi connectivity index (χ3v) is 6.36. The number of amides is 1. The second-order valence-corrected chi connectivity index (χ2v) is 8.14. The monoisotopic (exact) mass is 356 g/mol. The summed E-state index contributed by atoms with van der Waals surface area (Å²) in [5.41, 5.74) is 2.01. The first-order chi connectivity index (χ1) is 11.6. The molecule has 0 aliphatic heterocycles. The third-order valence-electron chi connectivity index (χ3n) is 4.24. The van der Waals surface area contributed by atoms with E-state index >= 15 is 0 Å². The summed E-state index contributed by atoms with van der Waals surface area (Å²) in [5.74, 6) is -0.162. The van der Waals surface area contributed by atoms with Gasteiger partial charge in [0.15, 0.2) is 0 Å². The summed E-state index contributed by atoms with van der Waals surface area (Å²) in [5, 5.41) is 13.8. The Morgan fingerprint density at radius 3 is 2.50 bits per heavy atom. The molecule has 0 spiro atoms. The molecule has 0 saturated heterocycles. The molecular formula is C17H16N4OS2. The summed E-state index contributed by atoms with van der Waals surface area (Å²) >= 11 is 2.86. The number of carbonyl (C=O) groups excluding carboxylic acids is 1. The zero-order valence-corrected chi connectivity index (χ0v) is 15.0. The lowest BCUT2D eigenvalue weighted by molar-refractivity contribution is 0.102. The van der Waals surface area contributed by atoms with Crippen molar-refractivity contribution >= 4 is 33.7 Å². The minimum absolute atomic E-state index is 0.0150. The normalized spacial score (nSPS) is 15.2. The van der Waals surface area contributed by atoms with Crippen LogP contribution in [0.15, 0.2) is 30.3 Å². The number of carbonyl (C=O) groups is 1. The molecule has 1 fully saturated rings. The zero-order valence-electron chi connectivity index (χ0n) is 13.4. The Labute approximate surface area is 147 Å². The standard InChI is InChI=1S/C17H16N4OS2/c1-10-13(23-11(2)18-10)14(22)19-16-21-20-15(24-16)17(8-9-17)12-6-4-3-5-7-12/h3-7H,8-9H2,1-2H3,(H,19,21,22). The lowest BCUT2D eigenvalue weighted by Gasteiger charge is -2.10. The number of nitrogens with one attached hydrogen (secondary N) is 1. The van der Waals surface area contributed by atoms with Crippen molar-refractivity contribution in [3.8, 4) is 0 Å². The Balaban J connectivity index is 1.56. The van der Waals surface area contributed by atoms with Gasteiger partial charge in [0.1, 0.15) is 9.88 Å². The Hall–Kier alpha value is -2.12. The Morgan fingerprint density at radius 2 is 1.88 bits per heavy atom. The topological polar surface area (TPSA) is 67.8 Å². The number of aromatic nitrogens is 3. The van der Waals surface area contributed by atoms with Gasteiger partial charge in [0, 0.05) is 5.41 Å². The molecule has 122 valence electrons. The first-order valence-electron chi connectivity index (χ1n) is 7.73. The highest BCUT2D eigenvalue weighted by Crippen LogP contribution is 2.54. The van der Waals surface area contributed by atoms with E-state index < -0.39 is 0 Å². The summed E-state index contributed by atoms with van der Waals surface area (Å²) in [6.07, 6.45) is 2.15. The maximum absolute atomic E-state index is 12.4. The van der Waals surface area contributed by atoms with Crippen LogP contribution in [0.4, 0.5) is 5.13 Å². The van der Waals surface area contributed by atoms with Crippen LogP contribution in [0.3, 0.4) is 0 Å². The minimum atomic E-state index is -0.162. The number of hydrogen-bond donors (Lipinski definition) is 1. The minimum Gasteiger partial charge on any atom is -0.296 e. The van der Waals surface area contributed by atoms with Gasteiger partial charge in [-0.3, -0.25) is 10.1 Å². The molecule has 24 heavy (non-hydrogen) atoms. The molecule has 0 bridgehead atoms. The molecule has 3 aromatic rings. The van der Waals surface area contributed by atoms with Gasteiger partial charge in [-0.2, -0.15) is 0 Å². The second-order valence-electron chi connectivity index (χ2n) is 5.96. The summed E-state index contributed by atoms with van der Waals surface area (Å²) in [7, 11) is 0. The smallest absolute Gasteiger partial charge is 0.269 e. The number of benzene rings is 1. The Bertz CT molecular complexity index is 896. The number of thiazole rings is 1. The molecule has 0 atom stereocenters. The van der Waals surface area contributed by atoms with E-state index in [1.807, 2.05) is 32.0 Å². The Morgan fingerprint density at radius 1 is 1.12 bits per heavy atom. The van der Waals surface area contributed by atoms with Crippen LogP contribution in [0.2, 0.25) is 0 Å². The van der Waals surface area contributed by atoms with Crippen molar-refractivity contribution < 1.29 is 4.79 Å². The SMILES string of the molecule is Cc1nc(C)c(C(=O)Nc2nnc(C3(c4ccccc4)CC3)s2)s1. The lowest BCUT2D eigenvalue weighted by atomic mass is 9.97. The van der Waals surface area contributed by atoms with Crippen LogP contribution in [-0.2, 0) is 5.41 Å². The Kier molecular flexibility index (Phi) is 3.69. The van der Waals surface area contributed by atoms with E-state index in [1.54, 1.807) is 0 Å². The van der Waals surface area contributed by atoms with E-state index in [0.29, 0.717) is 10.0 Å². The van der Waals surface area contributed by atoms with Crippen LogP contribution in [-0.4, -0.2) is 21.1 Å². The van der Waals surface area contributed by atoms with Gasteiger partial charge in [0.2, 0.25) is 5.13 Å². The van der Waals surface area contributed by atoms with Crippen LogP contribution in [0.25, 0.3) is 0 Å². The number of rotatable bonds is 4. The van der Waals surface area contributed by atoms with E-state index in [0.717, 1.165) is 28.6 Å². The van der Waals surface area contributed by atoms with Gasteiger partial charge in [-0.05, 0) is 32.3 Å². The molecule has 2 aromatic heterocycles. The second kappa shape index (κ2) is 5.75. The van der Waals surface area contributed by atoms with Gasteiger partial charge in [0.05, 0.1) is 10.7 Å². The van der Waals surface area contributed by atoms with E-state index in [-0.39, 0.29) is 11.3 Å². The van der Waals surface area contributed by atoms with Gasteiger partial charge < -0.3 is 0 Å². The molecule has 7 heteroatoms. The van der Waals surface area contributed by atoms with Crippen molar-refractivity contribution in [2.75, 3.05) is 5.32 Å². The van der Waals surface area contributed by atoms with E-state index in [2.05, 4.69) is 32.6 Å². The van der Waals surface area contributed by atoms with Crippen LogP contribution < -0.4 is 5.32 Å². The van der Waals surface area contributed by atoms with Gasteiger partial charge in [0.25, 0.3) is 5.91 Å². The van der Waals surface area contributed by atoms with Crippen molar-refractivity contribution in [3.05, 3.63) is 56.5 Å². The van der Waals surface area contributed by atoms with Gasteiger partial charge >= 0.3 is 0 Å². The van der Waals surface area contributed by atoms with Gasteiger partial charge in [-0.1, -0.05) is 41.7 Å². The average molecular weight is 356 g/mol. The van der Waals surface area contributed by atoms with Crippen molar-refractivity contribution in [2.45, 2.75) is 32.1 Å². The molecule has 5 nitrogen and oxygen atoms in total. The first kappa shape index (κ1) is 15.4. The highest BCUT2D eigenvalue weighted by Gasteiger charge is 2.48. The molecule has 1 amide bonds. The first-order valence-corrected chi connectivity index (χ1v) is 9.37. The number of nitrogens with zero attached hydrogens (tertiary/aromatic N) is 3. The number of anilines is 1. The average Bonchev–Trinajstić information content (AvgIpc) is 3.14. The maximum atomic E-state index is 12.4. The predicted molar refractivity (Wildman–Crippen MR) is 95.9 cm³/mol. The van der Waals surface area contributed by atoms with Crippen LogP contribution in [0, 0.1) is 13.8 Å². The maximum Gasteiger partial charge on any atom is 0.269 e. The molecule has 2 heterocycles. The van der Waals surface area contributed by atoms with Crippen molar-refractivity contribution in [2.24, 2.45) is 0 Å². The predicted octanol–water partition coefficient (Wildman–Crippen LogP) is 3.94. The molecule has 1 aliphatic rings. The summed E-state index contributed by atoms with van der Waals surface area (Å²) in [6.45, 7) is 3.74. The highest BCUT2D eigenvalue weighted by atomic mass is 32.1. The molecule has 0 radical (unpaired) electrons. The van der Waals surface area contributed by atoms with Crippen molar-refractivity contribution in [3.63, 3.8) is 0 Å². The fraction of sp³-hybridized carbons (Fsp3) is 0.294. The summed E-state index contributed by atoms with van der Waals surface area (Å²) in [6, 6.07) is 10.4. The van der Waals surface area contributed by atoms with Crippen LogP contribution >= 0.6 is 22.7 Å². The highest BCUT2D eigenvalue weighted by molar-refractivity contribution is 7.16. The van der Waals surface area contributed by atoms with Gasteiger partial charge in [-0.25, -0.2) is 4.98 Å². The molecule has 1 N–H and O–H groups in total. The third kappa shape index (κ3) is 2.63. The molecule has 4 rings (SSSR count). The van der Waals surface area contributed by atoms with Gasteiger partial charge in [-0.15, -0.1) is 21.5 Å². The molecule has 1 aromatic carbocycles. The molecule has 1 aliphatic carbocycles. The zero-order chi connectivity index (χ0) is 16.7. The van der Waals surface area contributed by atoms with Crippen molar-refractivity contribution in [1.29, 1.82) is 0 Å². The number of hydrogen-bond acceptors (Lipinski definition) is 6. The molecule has 1 saturated carbocycles. The van der Waals surface area contributed by atoms with E-state index in [1.165, 1.54) is 28.2 Å². The largest absolute Gasteiger partial charge is 0.296 e. The molecular weight excluding hydrogens is 340 g/mol.